The Morgan fingerprint density at radius 2 is 2.11 bits per heavy atom. The monoisotopic (exact) mass is 244 g/mol. The molecule has 0 bridgehead atoms. The minimum Gasteiger partial charge on any atom is -0.371 e. The van der Waals surface area contributed by atoms with Gasteiger partial charge in [0.25, 0.3) is 0 Å². The third-order valence-corrected chi connectivity index (χ3v) is 2.73. The van der Waals surface area contributed by atoms with Gasteiger partial charge in [-0.2, -0.15) is 0 Å². The van der Waals surface area contributed by atoms with Gasteiger partial charge >= 0.3 is 5.76 Å². The van der Waals surface area contributed by atoms with Crippen LogP contribution in [0.4, 0.5) is 0 Å². The van der Waals surface area contributed by atoms with E-state index in [1.165, 1.54) is 4.57 Å². The largest absolute Gasteiger partial charge is 0.441 e. The molecule has 18 heavy (non-hydrogen) atoms. The van der Waals surface area contributed by atoms with Crippen LogP contribution in [0.1, 0.15) is 11.4 Å². The summed E-state index contributed by atoms with van der Waals surface area (Å²) in [7, 11) is 0. The fourth-order valence-corrected chi connectivity index (χ4v) is 1.68. The normalized spacial score (nSPS) is 18.3. The summed E-state index contributed by atoms with van der Waals surface area (Å²) in [6.07, 6.45) is 3.77. The number of epoxide rings is 1. The van der Waals surface area contributed by atoms with Crippen LogP contribution >= 0.6 is 0 Å². The molecular formula is C13H12N2O3. The Labute approximate surface area is 103 Å². The summed E-state index contributed by atoms with van der Waals surface area (Å²) >= 11 is 0. The van der Waals surface area contributed by atoms with Gasteiger partial charge in [0.1, 0.15) is 0 Å². The van der Waals surface area contributed by atoms with Gasteiger partial charge in [-0.15, -0.1) is 0 Å². The zero-order chi connectivity index (χ0) is 12.4. The molecule has 1 saturated heterocycles. The van der Waals surface area contributed by atoms with Crippen molar-refractivity contribution in [2.75, 3.05) is 6.61 Å². The van der Waals surface area contributed by atoms with E-state index in [0.717, 1.165) is 5.56 Å². The molecule has 0 spiro atoms. The van der Waals surface area contributed by atoms with Crippen molar-refractivity contribution in [2.24, 2.45) is 0 Å². The van der Waals surface area contributed by atoms with Crippen LogP contribution in [0.2, 0.25) is 0 Å². The summed E-state index contributed by atoms with van der Waals surface area (Å²) in [4.78, 5) is 11.5. The molecule has 2 aromatic rings. The fraction of sp³-hybridized carbons (Fsp3) is 0.231. The maximum absolute atomic E-state index is 11.5. The van der Waals surface area contributed by atoms with Gasteiger partial charge in [-0.05, 0) is 11.6 Å². The van der Waals surface area contributed by atoms with Crippen molar-refractivity contribution < 1.29 is 9.26 Å². The molecule has 1 aliphatic heterocycles. The number of nitrogens with zero attached hydrogens (tertiary/aromatic N) is 2. The lowest BCUT2D eigenvalue weighted by atomic mass is 10.2. The molecule has 1 atom stereocenters. The Morgan fingerprint density at radius 1 is 1.33 bits per heavy atom. The van der Waals surface area contributed by atoms with Crippen LogP contribution in [0.15, 0.2) is 39.6 Å². The minimum atomic E-state index is -0.446. The lowest BCUT2D eigenvalue weighted by Gasteiger charge is -1.97. The molecule has 5 heteroatoms. The zero-order valence-corrected chi connectivity index (χ0v) is 9.65. The standard InChI is InChI=1S/C13H12N2O3/c16-13-15(8-11-9-17-11)12(14-18-13)7-6-10-4-2-1-3-5-10/h1-7,11H,8-9H2. The van der Waals surface area contributed by atoms with Gasteiger partial charge in [-0.3, -0.25) is 9.09 Å². The van der Waals surface area contributed by atoms with E-state index < -0.39 is 5.76 Å². The van der Waals surface area contributed by atoms with Gasteiger partial charge in [0.05, 0.1) is 19.3 Å². The van der Waals surface area contributed by atoms with E-state index in [1.807, 2.05) is 36.4 Å². The molecule has 0 aliphatic carbocycles. The number of aromatic nitrogens is 2. The van der Waals surface area contributed by atoms with E-state index in [2.05, 4.69) is 9.68 Å². The summed E-state index contributed by atoms with van der Waals surface area (Å²) < 4.78 is 11.2. The highest BCUT2D eigenvalue weighted by atomic mass is 16.6. The van der Waals surface area contributed by atoms with Crippen LogP contribution in [0, 0.1) is 0 Å². The molecule has 0 radical (unpaired) electrons. The molecule has 0 saturated carbocycles. The number of benzene rings is 1. The van der Waals surface area contributed by atoms with Crippen LogP contribution < -0.4 is 5.76 Å². The van der Waals surface area contributed by atoms with Crippen molar-refractivity contribution >= 4 is 12.2 Å². The lowest BCUT2D eigenvalue weighted by Crippen LogP contribution is -2.18. The van der Waals surface area contributed by atoms with Gasteiger partial charge in [-0.1, -0.05) is 41.6 Å². The minimum absolute atomic E-state index is 0.117. The van der Waals surface area contributed by atoms with Gasteiger partial charge in [-0.25, -0.2) is 4.79 Å². The second-order valence-electron chi connectivity index (χ2n) is 4.12. The molecule has 3 rings (SSSR count). The molecule has 0 N–H and O–H groups in total. The van der Waals surface area contributed by atoms with Crippen molar-refractivity contribution in [1.29, 1.82) is 0 Å². The number of hydrogen-bond acceptors (Lipinski definition) is 4. The lowest BCUT2D eigenvalue weighted by molar-refractivity contribution is 0.353. The van der Waals surface area contributed by atoms with Crippen molar-refractivity contribution in [3.05, 3.63) is 52.3 Å². The van der Waals surface area contributed by atoms with E-state index in [-0.39, 0.29) is 6.10 Å². The topological polar surface area (TPSA) is 60.6 Å². The SMILES string of the molecule is O=c1onc(C=Cc2ccccc2)n1CC1CO1. The Kier molecular flexibility index (Phi) is 2.82. The molecule has 1 fully saturated rings. The Hall–Kier alpha value is -2.14. The first kappa shape index (κ1) is 11.0. The molecule has 5 nitrogen and oxygen atoms in total. The second-order valence-corrected chi connectivity index (χ2v) is 4.12. The van der Waals surface area contributed by atoms with Crippen LogP contribution in [0.3, 0.4) is 0 Å². The van der Waals surface area contributed by atoms with Gasteiger partial charge in [0.15, 0.2) is 5.82 Å². The van der Waals surface area contributed by atoms with Gasteiger partial charge in [0.2, 0.25) is 0 Å². The summed E-state index contributed by atoms with van der Waals surface area (Å²) in [5, 5.41) is 3.74. The average Bonchev–Trinajstić information content (AvgIpc) is 3.15. The average molecular weight is 244 g/mol. The predicted molar refractivity (Wildman–Crippen MR) is 65.9 cm³/mol. The Bertz CT molecular complexity index is 609. The first-order valence-corrected chi connectivity index (χ1v) is 5.74. The van der Waals surface area contributed by atoms with Crippen molar-refractivity contribution in [3.8, 4) is 0 Å². The Morgan fingerprint density at radius 3 is 2.83 bits per heavy atom. The highest BCUT2D eigenvalue weighted by Gasteiger charge is 2.25. The highest BCUT2D eigenvalue weighted by Crippen LogP contribution is 2.12. The number of ether oxygens (including phenoxy) is 1. The molecule has 1 aromatic heterocycles. The smallest absolute Gasteiger partial charge is 0.371 e. The molecule has 0 amide bonds. The maximum atomic E-state index is 11.5. The van der Waals surface area contributed by atoms with Crippen LogP contribution in [-0.4, -0.2) is 22.4 Å². The van der Waals surface area contributed by atoms with Gasteiger partial charge in [0, 0.05) is 0 Å². The second kappa shape index (κ2) is 4.62. The van der Waals surface area contributed by atoms with Crippen molar-refractivity contribution in [3.63, 3.8) is 0 Å². The quantitative estimate of drug-likeness (QED) is 0.763. The summed E-state index contributed by atoms with van der Waals surface area (Å²) in [5.74, 6) is 0.0672. The zero-order valence-electron chi connectivity index (χ0n) is 9.65. The van der Waals surface area contributed by atoms with Crippen molar-refractivity contribution in [2.45, 2.75) is 12.6 Å². The first-order valence-electron chi connectivity index (χ1n) is 5.74. The number of rotatable bonds is 4. The molecule has 92 valence electrons. The fourth-order valence-electron chi connectivity index (χ4n) is 1.68. The molecule has 1 aliphatic rings. The maximum Gasteiger partial charge on any atom is 0.441 e. The molecule has 1 unspecified atom stereocenters. The molecule has 2 heterocycles. The van der Waals surface area contributed by atoms with E-state index in [0.29, 0.717) is 19.0 Å². The molecule has 1 aromatic carbocycles. The van der Waals surface area contributed by atoms with Crippen molar-refractivity contribution in [1.82, 2.24) is 9.72 Å². The van der Waals surface area contributed by atoms with E-state index in [9.17, 15) is 4.79 Å². The summed E-state index contributed by atoms with van der Waals surface area (Å²) in [6.45, 7) is 1.19. The summed E-state index contributed by atoms with van der Waals surface area (Å²) in [6, 6.07) is 9.81. The van der Waals surface area contributed by atoms with Crippen LogP contribution in [-0.2, 0) is 11.3 Å². The predicted octanol–water partition coefficient (Wildman–Crippen LogP) is 1.41. The third kappa shape index (κ3) is 2.41. The van der Waals surface area contributed by atoms with E-state index >= 15 is 0 Å². The molecular weight excluding hydrogens is 232 g/mol. The first-order chi connectivity index (χ1) is 8.83. The Balaban J connectivity index is 1.83. The highest BCUT2D eigenvalue weighted by molar-refractivity contribution is 5.66. The number of hydrogen-bond donors (Lipinski definition) is 0. The van der Waals surface area contributed by atoms with E-state index in [4.69, 9.17) is 4.74 Å². The third-order valence-electron chi connectivity index (χ3n) is 2.73. The summed E-state index contributed by atoms with van der Waals surface area (Å²) in [5.41, 5.74) is 1.04. The van der Waals surface area contributed by atoms with Crippen LogP contribution in [0.25, 0.3) is 12.2 Å². The van der Waals surface area contributed by atoms with Gasteiger partial charge < -0.3 is 4.74 Å². The van der Waals surface area contributed by atoms with Crippen LogP contribution in [0.5, 0.6) is 0 Å². The van der Waals surface area contributed by atoms with E-state index in [1.54, 1.807) is 6.08 Å².